The zero-order chi connectivity index (χ0) is 20.9. The maximum Gasteiger partial charge on any atom is 0.275 e. The Morgan fingerprint density at radius 1 is 1.03 bits per heavy atom. The summed E-state index contributed by atoms with van der Waals surface area (Å²) < 4.78 is 6.57. The van der Waals surface area contributed by atoms with Gasteiger partial charge in [0.15, 0.2) is 0 Å². The van der Waals surface area contributed by atoms with E-state index in [1.165, 1.54) is 6.20 Å². The minimum absolute atomic E-state index is 0.124. The average molecular weight is 465 g/mol. The molecule has 8 heteroatoms. The van der Waals surface area contributed by atoms with Crippen molar-refractivity contribution in [1.29, 1.82) is 0 Å². The Morgan fingerprint density at radius 3 is 2.77 bits per heavy atom. The number of benzene rings is 2. The number of aromatic nitrogens is 2. The number of amides is 2. The van der Waals surface area contributed by atoms with Gasteiger partial charge in [-0.25, -0.2) is 4.98 Å². The number of hydrogen-bond acceptors (Lipinski definition) is 4. The summed E-state index contributed by atoms with van der Waals surface area (Å²) in [4.78, 5) is 32.1. The quantitative estimate of drug-likeness (QED) is 0.387. The number of carbonyl (C=O) groups excluding carboxylic acids is 2. The van der Waals surface area contributed by atoms with Crippen LogP contribution < -0.4 is 15.6 Å². The zero-order valence-corrected chi connectivity index (χ0v) is 17.3. The molecule has 2 heterocycles. The summed E-state index contributed by atoms with van der Waals surface area (Å²) in [5, 5.41) is 0.968. The molecule has 30 heavy (non-hydrogen) atoms. The molecule has 2 aromatic heterocycles. The molecule has 0 radical (unpaired) electrons. The van der Waals surface area contributed by atoms with E-state index in [0.717, 1.165) is 20.9 Å². The second kappa shape index (κ2) is 8.79. The summed E-state index contributed by atoms with van der Waals surface area (Å²) in [6.07, 6.45) is 3.44. The van der Waals surface area contributed by atoms with Crippen LogP contribution >= 0.6 is 15.9 Å². The highest BCUT2D eigenvalue weighted by Gasteiger charge is 2.16. The average Bonchev–Trinajstić information content (AvgIpc) is 3.15. The Kier molecular flexibility index (Phi) is 5.76. The lowest BCUT2D eigenvalue weighted by molar-refractivity contribution is -0.121. The van der Waals surface area contributed by atoms with Crippen LogP contribution in [0.15, 0.2) is 77.5 Å². The summed E-state index contributed by atoms with van der Waals surface area (Å²) in [5.74, 6) is -0.203. The number of hydrazine groups is 1. The molecular formula is C22H17BrN4O3. The van der Waals surface area contributed by atoms with Gasteiger partial charge in [0.05, 0.1) is 6.42 Å². The Hall–Kier alpha value is -3.65. The number of rotatable bonds is 5. The molecule has 3 N–H and O–H groups in total. The van der Waals surface area contributed by atoms with Crippen LogP contribution in [0.2, 0.25) is 0 Å². The van der Waals surface area contributed by atoms with E-state index in [1.807, 2.05) is 36.4 Å². The lowest BCUT2D eigenvalue weighted by atomic mass is 10.1. The fourth-order valence-electron chi connectivity index (χ4n) is 2.98. The molecule has 0 aliphatic heterocycles. The molecule has 2 aromatic carbocycles. The minimum atomic E-state index is -0.527. The number of ether oxygens (including phenoxy) is 1. The molecule has 0 bridgehead atoms. The summed E-state index contributed by atoms with van der Waals surface area (Å²) in [6, 6.07) is 18.1. The van der Waals surface area contributed by atoms with Gasteiger partial charge in [-0.2, -0.15) is 0 Å². The van der Waals surface area contributed by atoms with Crippen LogP contribution in [-0.4, -0.2) is 21.8 Å². The smallest absolute Gasteiger partial charge is 0.275 e. The molecule has 0 spiro atoms. The fraction of sp³-hybridized carbons (Fsp3) is 0.0455. The molecule has 0 fully saturated rings. The van der Waals surface area contributed by atoms with Gasteiger partial charge in [-0.05, 0) is 42.0 Å². The van der Waals surface area contributed by atoms with Gasteiger partial charge < -0.3 is 9.72 Å². The fourth-order valence-corrected chi connectivity index (χ4v) is 3.35. The van der Waals surface area contributed by atoms with Crippen molar-refractivity contribution in [2.24, 2.45) is 0 Å². The van der Waals surface area contributed by atoms with Gasteiger partial charge in [-0.15, -0.1) is 0 Å². The Balaban J connectivity index is 1.41. The van der Waals surface area contributed by atoms with Crippen molar-refractivity contribution in [2.75, 3.05) is 0 Å². The van der Waals surface area contributed by atoms with Gasteiger partial charge in [-0.3, -0.25) is 20.4 Å². The second-order valence-electron chi connectivity index (χ2n) is 6.45. The molecule has 4 rings (SSSR count). The Bertz CT molecular complexity index is 1220. The van der Waals surface area contributed by atoms with Gasteiger partial charge >= 0.3 is 0 Å². The molecule has 0 aliphatic rings. The van der Waals surface area contributed by atoms with Crippen molar-refractivity contribution in [3.8, 4) is 11.6 Å². The summed E-state index contributed by atoms with van der Waals surface area (Å²) in [7, 11) is 0. The number of nitrogens with zero attached hydrogens (tertiary/aromatic N) is 1. The molecule has 0 saturated heterocycles. The molecule has 150 valence electrons. The molecule has 0 atom stereocenters. The van der Waals surface area contributed by atoms with Crippen molar-refractivity contribution in [3.63, 3.8) is 0 Å². The molecule has 0 saturated carbocycles. The summed E-state index contributed by atoms with van der Waals surface area (Å²) in [5.41, 5.74) is 6.86. The number of halogens is 1. The number of nitrogens with one attached hydrogen (secondary N) is 3. The van der Waals surface area contributed by atoms with Gasteiger partial charge in [0.25, 0.3) is 5.91 Å². The first-order valence-corrected chi connectivity index (χ1v) is 9.92. The predicted octanol–water partition coefficient (Wildman–Crippen LogP) is 4.12. The lowest BCUT2D eigenvalue weighted by Crippen LogP contribution is -2.42. The first-order valence-electron chi connectivity index (χ1n) is 9.13. The third kappa shape index (κ3) is 4.49. The van der Waals surface area contributed by atoms with Crippen molar-refractivity contribution < 1.29 is 14.3 Å². The molecular weight excluding hydrogens is 448 g/mol. The minimum Gasteiger partial charge on any atom is -0.438 e. The number of H-pyrrole nitrogens is 1. The maximum absolute atomic E-state index is 12.6. The summed E-state index contributed by atoms with van der Waals surface area (Å²) in [6.45, 7) is 0. The molecule has 7 nitrogen and oxygen atoms in total. The van der Waals surface area contributed by atoms with Crippen LogP contribution in [0.25, 0.3) is 10.9 Å². The molecule has 2 amide bonds. The van der Waals surface area contributed by atoms with Crippen molar-refractivity contribution in [1.82, 2.24) is 20.8 Å². The van der Waals surface area contributed by atoms with Crippen molar-refractivity contribution in [2.45, 2.75) is 6.42 Å². The first-order chi connectivity index (χ1) is 14.6. The second-order valence-corrected chi connectivity index (χ2v) is 7.37. The highest BCUT2D eigenvalue weighted by molar-refractivity contribution is 9.10. The van der Waals surface area contributed by atoms with E-state index >= 15 is 0 Å². The van der Waals surface area contributed by atoms with Crippen LogP contribution in [0.1, 0.15) is 15.9 Å². The zero-order valence-electron chi connectivity index (χ0n) is 15.7. The van der Waals surface area contributed by atoms with Gasteiger partial charge in [0, 0.05) is 27.8 Å². The van der Waals surface area contributed by atoms with Gasteiger partial charge in [0.2, 0.25) is 11.8 Å². The maximum atomic E-state index is 12.6. The van der Waals surface area contributed by atoms with Crippen molar-refractivity contribution in [3.05, 3.63) is 88.7 Å². The van der Waals surface area contributed by atoms with E-state index in [1.54, 1.807) is 30.5 Å². The standard InChI is InChI=1S/C22H17BrN4O3/c23-15-5-3-6-16(12-15)30-22-18(8-4-10-24-22)21(29)27-26-20(28)11-14-13-25-19-9-2-1-7-17(14)19/h1-10,12-13,25H,11H2,(H,26,28)(H,27,29). The van der Waals surface area contributed by atoms with Crippen LogP contribution in [0.5, 0.6) is 11.6 Å². The third-order valence-corrected chi connectivity index (χ3v) is 4.86. The van der Waals surface area contributed by atoms with E-state index in [-0.39, 0.29) is 23.8 Å². The Labute approximate surface area is 180 Å². The first kappa shape index (κ1) is 19.7. The monoisotopic (exact) mass is 464 g/mol. The molecule has 0 unspecified atom stereocenters. The molecule has 4 aromatic rings. The van der Waals surface area contributed by atoms with Crippen LogP contribution in [0.4, 0.5) is 0 Å². The predicted molar refractivity (Wildman–Crippen MR) is 116 cm³/mol. The lowest BCUT2D eigenvalue weighted by Gasteiger charge is -2.11. The normalized spacial score (nSPS) is 10.6. The number of fused-ring (bicyclic) bond motifs is 1. The van der Waals surface area contributed by atoms with E-state index in [2.05, 4.69) is 36.7 Å². The van der Waals surface area contributed by atoms with Crippen LogP contribution in [-0.2, 0) is 11.2 Å². The third-order valence-electron chi connectivity index (χ3n) is 4.37. The number of hydrogen-bond donors (Lipinski definition) is 3. The van der Waals surface area contributed by atoms with Crippen LogP contribution in [0, 0.1) is 0 Å². The van der Waals surface area contributed by atoms with E-state index < -0.39 is 5.91 Å². The molecule has 0 aliphatic carbocycles. The van der Waals surface area contributed by atoms with Crippen LogP contribution in [0.3, 0.4) is 0 Å². The largest absolute Gasteiger partial charge is 0.438 e. The topological polar surface area (TPSA) is 96.1 Å². The van der Waals surface area contributed by atoms with E-state index in [9.17, 15) is 9.59 Å². The highest BCUT2D eigenvalue weighted by atomic mass is 79.9. The highest BCUT2D eigenvalue weighted by Crippen LogP contribution is 2.25. The Morgan fingerprint density at radius 2 is 1.90 bits per heavy atom. The number of pyridine rings is 1. The number of carbonyl (C=O) groups is 2. The van der Waals surface area contributed by atoms with Gasteiger partial charge in [0.1, 0.15) is 11.3 Å². The van der Waals surface area contributed by atoms with E-state index in [0.29, 0.717) is 5.75 Å². The van der Waals surface area contributed by atoms with E-state index in [4.69, 9.17) is 4.74 Å². The number of para-hydroxylation sites is 1. The summed E-state index contributed by atoms with van der Waals surface area (Å²) >= 11 is 3.37. The van der Waals surface area contributed by atoms with Gasteiger partial charge in [-0.1, -0.05) is 40.2 Å². The SMILES string of the molecule is O=C(Cc1c[nH]c2ccccc12)NNC(=O)c1cccnc1Oc1cccc(Br)c1. The van der Waals surface area contributed by atoms with Crippen molar-refractivity contribution >= 4 is 38.6 Å². The number of aromatic amines is 1.